The van der Waals surface area contributed by atoms with Crippen LogP contribution in [0.25, 0.3) is 0 Å². The molecule has 2 nitrogen and oxygen atoms in total. The molecule has 2 rings (SSSR count). The largest absolute Gasteiger partial charge is 0.396 e. The van der Waals surface area contributed by atoms with Gasteiger partial charge in [0.1, 0.15) is 0 Å². The first kappa shape index (κ1) is 18.0. The molecule has 2 N–H and O–H groups in total. The normalized spacial score (nSPS) is 41.8. The fourth-order valence-corrected chi connectivity index (χ4v) is 5.44. The van der Waals surface area contributed by atoms with E-state index in [2.05, 4.69) is 27.4 Å². The maximum absolute atomic E-state index is 10.4. The van der Waals surface area contributed by atoms with E-state index in [1.54, 1.807) is 0 Å². The Bertz CT molecular complexity index is 414. The summed E-state index contributed by atoms with van der Waals surface area (Å²) in [6.45, 7) is 13.4. The molecule has 0 aromatic heterocycles. The molecule has 0 heterocycles. The summed E-state index contributed by atoms with van der Waals surface area (Å²) in [5, 5.41) is 20.4. The van der Waals surface area contributed by atoms with Crippen LogP contribution in [0.5, 0.6) is 0 Å². The first-order valence-corrected chi connectivity index (χ1v) is 9.19. The number of allylic oxidation sites excluding steroid dienone is 1. The SMILES string of the molecule is C=C1CCC2[C@@](C)(CO)CCC[C@]2(C)C1CC[C@@](C)(O)CC. The average Bonchev–Trinajstić information content (AvgIpc) is 2.46. The molecule has 2 aliphatic carbocycles. The summed E-state index contributed by atoms with van der Waals surface area (Å²) in [5.74, 6) is 1.08. The van der Waals surface area contributed by atoms with Crippen molar-refractivity contribution in [3.8, 4) is 0 Å². The highest BCUT2D eigenvalue weighted by Gasteiger charge is 2.54. The van der Waals surface area contributed by atoms with Crippen molar-refractivity contribution in [3.05, 3.63) is 12.2 Å². The van der Waals surface area contributed by atoms with Gasteiger partial charge in [0.15, 0.2) is 0 Å². The second kappa shape index (κ2) is 6.28. The lowest BCUT2D eigenvalue weighted by atomic mass is 9.46. The Morgan fingerprint density at radius 1 is 1.32 bits per heavy atom. The molecule has 22 heavy (non-hydrogen) atoms. The summed E-state index contributed by atoms with van der Waals surface area (Å²) in [7, 11) is 0. The molecule has 128 valence electrons. The van der Waals surface area contributed by atoms with Crippen molar-refractivity contribution >= 4 is 0 Å². The van der Waals surface area contributed by atoms with E-state index in [0.29, 0.717) is 18.4 Å². The maximum atomic E-state index is 10.4. The number of fused-ring (bicyclic) bond motifs is 1. The van der Waals surface area contributed by atoms with Crippen LogP contribution in [-0.2, 0) is 0 Å². The third kappa shape index (κ3) is 3.14. The van der Waals surface area contributed by atoms with Crippen LogP contribution in [0, 0.1) is 22.7 Å². The van der Waals surface area contributed by atoms with E-state index in [1.165, 1.54) is 24.8 Å². The van der Waals surface area contributed by atoms with Crippen LogP contribution in [0.1, 0.15) is 79.1 Å². The fraction of sp³-hybridized carbons (Fsp3) is 0.900. The van der Waals surface area contributed by atoms with E-state index in [0.717, 1.165) is 32.1 Å². The number of rotatable bonds is 5. The molecule has 0 radical (unpaired) electrons. The number of aliphatic hydroxyl groups is 2. The lowest BCUT2D eigenvalue weighted by Gasteiger charge is -2.58. The topological polar surface area (TPSA) is 40.5 Å². The van der Waals surface area contributed by atoms with Gasteiger partial charge in [-0.05, 0) is 74.5 Å². The van der Waals surface area contributed by atoms with E-state index in [4.69, 9.17) is 0 Å². The zero-order chi connectivity index (χ0) is 16.6. The molecule has 0 spiro atoms. The Morgan fingerprint density at radius 3 is 2.59 bits per heavy atom. The Kier molecular flexibility index (Phi) is 5.14. The van der Waals surface area contributed by atoms with Gasteiger partial charge in [-0.25, -0.2) is 0 Å². The number of aliphatic hydroxyl groups excluding tert-OH is 1. The van der Waals surface area contributed by atoms with Crippen molar-refractivity contribution in [3.63, 3.8) is 0 Å². The molecule has 2 saturated carbocycles. The molecule has 2 heteroatoms. The van der Waals surface area contributed by atoms with Gasteiger partial charge < -0.3 is 10.2 Å². The third-order valence-electron chi connectivity index (χ3n) is 7.24. The third-order valence-corrected chi connectivity index (χ3v) is 7.24. The highest BCUT2D eigenvalue weighted by atomic mass is 16.3. The average molecular weight is 309 g/mol. The van der Waals surface area contributed by atoms with Crippen molar-refractivity contribution in [1.82, 2.24) is 0 Å². The quantitative estimate of drug-likeness (QED) is 0.723. The summed E-state index contributed by atoms with van der Waals surface area (Å²) in [5.41, 5.74) is 1.14. The fourth-order valence-electron chi connectivity index (χ4n) is 5.44. The van der Waals surface area contributed by atoms with Crippen LogP contribution in [0.15, 0.2) is 12.2 Å². The first-order valence-electron chi connectivity index (χ1n) is 9.19. The number of hydrogen-bond acceptors (Lipinski definition) is 2. The van der Waals surface area contributed by atoms with Gasteiger partial charge in [-0.1, -0.05) is 39.3 Å². The lowest BCUT2D eigenvalue weighted by Crippen LogP contribution is -2.52. The summed E-state index contributed by atoms with van der Waals surface area (Å²) < 4.78 is 0. The summed E-state index contributed by atoms with van der Waals surface area (Å²) in [4.78, 5) is 0. The van der Waals surface area contributed by atoms with E-state index in [9.17, 15) is 10.2 Å². The van der Waals surface area contributed by atoms with E-state index >= 15 is 0 Å². The van der Waals surface area contributed by atoms with Gasteiger partial charge in [-0.2, -0.15) is 0 Å². The van der Waals surface area contributed by atoms with Gasteiger partial charge in [-0.3, -0.25) is 0 Å². The Balaban J connectivity index is 2.22. The maximum Gasteiger partial charge on any atom is 0.0617 e. The molecule has 0 bridgehead atoms. The molecular formula is C20H36O2. The predicted octanol–water partition coefficient (Wildman–Crippen LogP) is 4.70. The molecule has 0 saturated heterocycles. The molecule has 0 aromatic carbocycles. The van der Waals surface area contributed by atoms with Crippen LogP contribution in [0.2, 0.25) is 0 Å². The standard InChI is InChI=1S/C20H36O2/c1-6-19(4,22)13-10-16-15(2)8-9-17-18(3,14-21)11-7-12-20(16,17)5/h16-17,21-22H,2,6-14H2,1,3-5H3/t16?,17?,18-,19+,20-/m1/s1. The predicted molar refractivity (Wildman–Crippen MR) is 92.7 cm³/mol. The van der Waals surface area contributed by atoms with Gasteiger partial charge in [0.25, 0.3) is 0 Å². The smallest absolute Gasteiger partial charge is 0.0617 e. The van der Waals surface area contributed by atoms with Gasteiger partial charge in [-0.15, -0.1) is 0 Å². The summed E-state index contributed by atoms with van der Waals surface area (Å²) >= 11 is 0. The first-order chi connectivity index (χ1) is 10.2. The van der Waals surface area contributed by atoms with Gasteiger partial charge in [0.05, 0.1) is 5.60 Å². The molecular weight excluding hydrogens is 272 g/mol. The van der Waals surface area contributed by atoms with Crippen LogP contribution >= 0.6 is 0 Å². The Hall–Kier alpha value is -0.340. The van der Waals surface area contributed by atoms with Crippen molar-refractivity contribution in [2.45, 2.75) is 84.7 Å². The van der Waals surface area contributed by atoms with Crippen molar-refractivity contribution < 1.29 is 10.2 Å². The minimum absolute atomic E-state index is 0.0687. The van der Waals surface area contributed by atoms with Crippen LogP contribution in [0.4, 0.5) is 0 Å². The summed E-state index contributed by atoms with van der Waals surface area (Å²) in [6.07, 6.45) is 8.56. The Labute approximate surface area is 137 Å². The molecule has 0 aromatic rings. The zero-order valence-electron chi connectivity index (χ0n) is 15.1. The van der Waals surface area contributed by atoms with Crippen LogP contribution in [-0.4, -0.2) is 22.4 Å². The van der Waals surface area contributed by atoms with E-state index < -0.39 is 5.60 Å². The highest BCUT2D eigenvalue weighted by molar-refractivity contribution is 5.16. The molecule has 2 unspecified atom stereocenters. The van der Waals surface area contributed by atoms with Crippen LogP contribution < -0.4 is 0 Å². The molecule has 0 aliphatic heterocycles. The minimum Gasteiger partial charge on any atom is -0.396 e. The zero-order valence-corrected chi connectivity index (χ0v) is 15.1. The lowest BCUT2D eigenvalue weighted by molar-refractivity contribution is -0.0899. The van der Waals surface area contributed by atoms with Crippen molar-refractivity contribution in [2.24, 2.45) is 22.7 Å². The Morgan fingerprint density at radius 2 is 2.00 bits per heavy atom. The highest BCUT2D eigenvalue weighted by Crippen LogP contribution is 2.61. The molecule has 5 atom stereocenters. The van der Waals surface area contributed by atoms with Crippen LogP contribution in [0.3, 0.4) is 0 Å². The molecule has 2 fully saturated rings. The van der Waals surface area contributed by atoms with Gasteiger partial charge >= 0.3 is 0 Å². The second-order valence-corrected chi connectivity index (χ2v) is 8.86. The van der Waals surface area contributed by atoms with Gasteiger partial charge in [0.2, 0.25) is 0 Å². The summed E-state index contributed by atoms with van der Waals surface area (Å²) in [6, 6.07) is 0. The minimum atomic E-state index is -0.557. The number of hydrogen-bond donors (Lipinski definition) is 2. The van der Waals surface area contributed by atoms with Crippen molar-refractivity contribution in [2.75, 3.05) is 6.61 Å². The molecule has 2 aliphatic rings. The van der Waals surface area contributed by atoms with Gasteiger partial charge in [0, 0.05) is 6.61 Å². The monoisotopic (exact) mass is 308 g/mol. The van der Waals surface area contributed by atoms with E-state index in [1.807, 2.05) is 6.92 Å². The van der Waals surface area contributed by atoms with Crippen molar-refractivity contribution in [1.29, 1.82) is 0 Å². The second-order valence-electron chi connectivity index (χ2n) is 8.86. The van der Waals surface area contributed by atoms with E-state index in [-0.39, 0.29) is 10.8 Å². The molecule has 0 amide bonds.